The summed E-state index contributed by atoms with van der Waals surface area (Å²) in [5.74, 6) is 1.62. The first kappa shape index (κ1) is 10.9. The summed E-state index contributed by atoms with van der Waals surface area (Å²) in [5.41, 5.74) is 1.31. The maximum Gasteiger partial charge on any atom is 0.160 e. The lowest BCUT2D eigenvalue weighted by Crippen LogP contribution is -1.92. The SMILES string of the molecule is CCCCc1ccc(OC)c(OC)c1. The molecule has 0 radical (unpaired) electrons. The lowest BCUT2D eigenvalue weighted by molar-refractivity contribution is 0.354. The first-order valence-corrected chi connectivity index (χ1v) is 5.02. The summed E-state index contributed by atoms with van der Waals surface area (Å²) in [6.07, 6.45) is 3.54. The van der Waals surface area contributed by atoms with Crippen molar-refractivity contribution >= 4 is 0 Å². The van der Waals surface area contributed by atoms with Gasteiger partial charge in [-0.25, -0.2) is 0 Å². The van der Waals surface area contributed by atoms with Crippen LogP contribution in [0.25, 0.3) is 0 Å². The number of aryl methyl sites for hydroxylation is 1. The van der Waals surface area contributed by atoms with Crippen molar-refractivity contribution in [1.82, 2.24) is 0 Å². The van der Waals surface area contributed by atoms with Gasteiger partial charge in [-0.1, -0.05) is 19.4 Å². The summed E-state index contributed by atoms with van der Waals surface area (Å²) in [6, 6.07) is 6.11. The van der Waals surface area contributed by atoms with Crippen LogP contribution >= 0.6 is 0 Å². The molecule has 0 aliphatic heterocycles. The summed E-state index contributed by atoms with van der Waals surface area (Å²) in [4.78, 5) is 0. The van der Waals surface area contributed by atoms with Gasteiger partial charge in [0.15, 0.2) is 11.5 Å². The Hall–Kier alpha value is -1.18. The molecular formula is C12H18O2. The van der Waals surface area contributed by atoms with Gasteiger partial charge in [0.2, 0.25) is 0 Å². The molecule has 0 fully saturated rings. The van der Waals surface area contributed by atoms with Gasteiger partial charge >= 0.3 is 0 Å². The molecule has 0 saturated carbocycles. The predicted octanol–water partition coefficient (Wildman–Crippen LogP) is 3.05. The van der Waals surface area contributed by atoms with Crippen LogP contribution in [0.2, 0.25) is 0 Å². The van der Waals surface area contributed by atoms with E-state index < -0.39 is 0 Å². The average Bonchev–Trinajstić information content (AvgIpc) is 2.25. The molecule has 14 heavy (non-hydrogen) atoms. The van der Waals surface area contributed by atoms with Gasteiger partial charge in [-0.05, 0) is 30.5 Å². The molecule has 0 aliphatic carbocycles. The van der Waals surface area contributed by atoms with Crippen LogP contribution in [0.1, 0.15) is 25.3 Å². The van der Waals surface area contributed by atoms with Gasteiger partial charge in [-0.2, -0.15) is 0 Å². The molecule has 0 aromatic heterocycles. The van der Waals surface area contributed by atoms with E-state index in [0.29, 0.717) is 0 Å². The van der Waals surface area contributed by atoms with Crippen LogP contribution in [-0.2, 0) is 6.42 Å². The number of benzene rings is 1. The van der Waals surface area contributed by atoms with E-state index in [1.54, 1.807) is 14.2 Å². The number of unbranched alkanes of at least 4 members (excludes halogenated alkanes) is 1. The monoisotopic (exact) mass is 194 g/mol. The van der Waals surface area contributed by atoms with E-state index in [1.807, 2.05) is 6.07 Å². The molecule has 78 valence electrons. The van der Waals surface area contributed by atoms with Crippen molar-refractivity contribution in [2.45, 2.75) is 26.2 Å². The molecule has 1 aromatic carbocycles. The number of methoxy groups -OCH3 is 2. The summed E-state index contributed by atoms with van der Waals surface area (Å²) < 4.78 is 10.4. The zero-order chi connectivity index (χ0) is 10.4. The first-order valence-electron chi connectivity index (χ1n) is 5.02. The number of ether oxygens (including phenoxy) is 2. The van der Waals surface area contributed by atoms with E-state index in [0.717, 1.165) is 17.9 Å². The fourth-order valence-electron chi connectivity index (χ4n) is 1.42. The van der Waals surface area contributed by atoms with Crippen molar-refractivity contribution < 1.29 is 9.47 Å². The summed E-state index contributed by atoms with van der Waals surface area (Å²) in [5, 5.41) is 0. The Morgan fingerprint density at radius 2 is 1.79 bits per heavy atom. The topological polar surface area (TPSA) is 18.5 Å². The van der Waals surface area contributed by atoms with Crippen LogP contribution in [0, 0.1) is 0 Å². The van der Waals surface area contributed by atoms with Crippen LogP contribution in [0.3, 0.4) is 0 Å². The predicted molar refractivity (Wildman–Crippen MR) is 58.2 cm³/mol. The highest BCUT2D eigenvalue weighted by Crippen LogP contribution is 2.27. The maximum absolute atomic E-state index is 5.23. The Labute approximate surface area is 85.8 Å². The van der Waals surface area contributed by atoms with Gasteiger partial charge in [0, 0.05) is 0 Å². The summed E-state index contributed by atoms with van der Waals surface area (Å²) in [7, 11) is 3.32. The summed E-state index contributed by atoms with van der Waals surface area (Å²) in [6.45, 7) is 2.20. The Morgan fingerprint density at radius 1 is 1.07 bits per heavy atom. The first-order chi connectivity index (χ1) is 6.81. The van der Waals surface area contributed by atoms with E-state index in [2.05, 4.69) is 19.1 Å². The van der Waals surface area contributed by atoms with Crippen LogP contribution in [0.4, 0.5) is 0 Å². The number of hydrogen-bond donors (Lipinski definition) is 0. The van der Waals surface area contributed by atoms with Gasteiger partial charge in [0.1, 0.15) is 0 Å². The average molecular weight is 194 g/mol. The second-order valence-corrected chi connectivity index (χ2v) is 3.29. The molecule has 0 saturated heterocycles. The molecule has 0 spiro atoms. The lowest BCUT2D eigenvalue weighted by atomic mass is 10.1. The smallest absolute Gasteiger partial charge is 0.160 e. The van der Waals surface area contributed by atoms with Crippen LogP contribution in [-0.4, -0.2) is 14.2 Å². The zero-order valence-electron chi connectivity index (χ0n) is 9.17. The standard InChI is InChI=1S/C12H18O2/c1-4-5-6-10-7-8-11(13-2)12(9-10)14-3/h7-9H,4-6H2,1-3H3. The fraction of sp³-hybridized carbons (Fsp3) is 0.500. The second kappa shape index (κ2) is 5.53. The van der Waals surface area contributed by atoms with Gasteiger partial charge < -0.3 is 9.47 Å². The largest absolute Gasteiger partial charge is 0.493 e. The third-order valence-electron chi connectivity index (χ3n) is 2.27. The van der Waals surface area contributed by atoms with Crippen molar-refractivity contribution in [3.8, 4) is 11.5 Å². The molecule has 0 aliphatic rings. The molecule has 0 amide bonds. The molecule has 0 bridgehead atoms. The minimum atomic E-state index is 0.799. The zero-order valence-corrected chi connectivity index (χ0v) is 9.17. The molecule has 1 aromatic rings. The van der Waals surface area contributed by atoms with Crippen LogP contribution < -0.4 is 9.47 Å². The van der Waals surface area contributed by atoms with Crippen molar-refractivity contribution in [3.63, 3.8) is 0 Å². The quantitative estimate of drug-likeness (QED) is 0.717. The Kier molecular flexibility index (Phi) is 4.30. The molecule has 2 heteroatoms. The van der Waals surface area contributed by atoms with E-state index >= 15 is 0 Å². The fourth-order valence-corrected chi connectivity index (χ4v) is 1.42. The van der Waals surface area contributed by atoms with Crippen molar-refractivity contribution in [3.05, 3.63) is 23.8 Å². The van der Waals surface area contributed by atoms with Crippen molar-refractivity contribution in [2.24, 2.45) is 0 Å². The van der Waals surface area contributed by atoms with Gasteiger partial charge in [0.25, 0.3) is 0 Å². The van der Waals surface area contributed by atoms with E-state index in [4.69, 9.17) is 9.47 Å². The second-order valence-electron chi connectivity index (χ2n) is 3.29. The molecular weight excluding hydrogens is 176 g/mol. The molecule has 2 nitrogen and oxygen atoms in total. The molecule has 0 N–H and O–H groups in total. The minimum Gasteiger partial charge on any atom is -0.493 e. The van der Waals surface area contributed by atoms with E-state index in [9.17, 15) is 0 Å². The highest BCUT2D eigenvalue weighted by molar-refractivity contribution is 5.42. The Balaban J connectivity index is 2.79. The van der Waals surface area contributed by atoms with Gasteiger partial charge in [-0.3, -0.25) is 0 Å². The highest BCUT2D eigenvalue weighted by atomic mass is 16.5. The minimum absolute atomic E-state index is 0.799. The molecule has 0 heterocycles. The summed E-state index contributed by atoms with van der Waals surface area (Å²) >= 11 is 0. The number of hydrogen-bond acceptors (Lipinski definition) is 2. The third kappa shape index (κ3) is 2.66. The van der Waals surface area contributed by atoms with Crippen LogP contribution in [0.5, 0.6) is 11.5 Å². The molecule has 0 atom stereocenters. The third-order valence-corrected chi connectivity index (χ3v) is 2.27. The van der Waals surface area contributed by atoms with Crippen molar-refractivity contribution in [2.75, 3.05) is 14.2 Å². The maximum atomic E-state index is 5.23. The Bertz CT molecular complexity index is 282. The van der Waals surface area contributed by atoms with E-state index in [-0.39, 0.29) is 0 Å². The molecule has 0 unspecified atom stereocenters. The highest BCUT2D eigenvalue weighted by Gasteiger charge is 2.03. The normalized spacial score (nSPS) is 9.93. The van der Waals surface area contributed by atoms with Crippen LogP contribution in [0.15, 0.2) is 18.2 Å². The van der Waals surface area contributed by atoms with Crippen molar-refractivity contribution in [1.29, 1.82) is 0 Å². The van der Waals surface area contributed by atoms with Gasteiger partial charge in [-0.15, -0.1) is 0 Å². The number of rotatable bonds is 5. The van der Waals surface area contributed by atoms with Gasteiger partial charge in [0.05, 0.1) is 14.2 Å². The molecule has 1 rings (SSSR count). The van der Waals surface area contributed by atoms with E-state index in [1.165, 1.54) is 18.4 Å². The lowest BCUT2D eigenvalue weighted by Gasteiger charge is -2.09. The Morgan fingerprint density at radius 3 is 2.36 bits per heavy atom.